The largest absolute Gasteiger partial charge is 0.355 e. The summed E-state index contributed by atoms with van der Waals surface area (Å²) in [6.07, 6.45) is 1.18. The zero-order chi connectivity index (χ0) is 27.9. The van der Waals surface area contributed by atoms with Gasteiger partial charge in [0.05, 0.1) is 17.0 Å². The van der Waals surface area contributed by atoms with Gasteiger partial charge >= 0.3 is 0 Å². The number of anilines is 1. The third-order valence-electron chi connectivity index (χ3n) is 6.09. The predicted octanol–water partition coefficient (Wildman–Crippen LogP) is 4.33. The van der Waals surface area contributed by atoms with Gasteiger partial charge in [0.25, 0.3) is 0 Å². The normalized spacial score (nSPS) is 12.0. The summed E-state index contributed by atoms with van der Waals surface area (Å²) in [5, 5.41) is 2.53. The third kappa shape index (κ3) is 7.55. The summed E-state index contributed by atoms with van der Waals surface area (Å²) in [5.74, 6) is -1.66. The van der Waals surface area contributed by atoms with E-state index in [0.29, 0.717) is 6.54 Å². The second-order valence-electron chi connectivity index (χ2n) is 8.92. The van der Waals surface area contributed by atoms with Gasteiger partial charge < -0.3 is 10.2 Å². The average molecular weight is 560 g/mol. The Kier molecular flexibility index (Phi) is 9.88. The van der Waals surface area contributed by atoms with Crippen molar-refractivity contribution in [1.29, 1.82) is 0 Å². The first-order chi connectivity index (χ1) is 18.0. The number of aryl methyl sites for hydroxylation is 1. The number of hydrogen-bond donors (Lipinski definition) is 1. The monoisotopic (exact) mass is 559 g/mol. The maximum absolute atomic E-state index is 13.9. The van der Waals surface area contributed by atoms with Gasteiger partial charge in [0.15, 0.2) is 0 Å². The molecule has 0 bridgehead atoms. The second kappa shape index (κ2) is 12.9. The van der Waals surface area contributed by atoms with Crippen molar-refractivity contribution in [1.82, 2.24) is 10.2 Å². The molecule has 0 aliphatic rings. The molecule has 3 aromatic carbocycles. The lowest BCUT2D eigenvalue weighted by Gasteiger charge is -2.33. The number of benzene rings is 3. The van der Waals surface area contributed by atoms with E-state index in [1.165, 1.54) is 11.0 Å². The lowest BCUT2D eigenvalue weighted by atomic mass is 10.0. The Bertz CT molecular complexity index is 1390. The maximum Gasteiger partial charge on any atom is 0.244 e. The van der Waals surface area contributed by atoms with E-state index in [4.69, 9.17) is 11.6 Å². The molecule has 0 aliphatic heterocycles. The van der Waals surface area contributed by atoms with E-state index in [9.17, 15) is 22.4 Å². The van der Waals surface area contributed by atoms with Crippen LogP contribution in [-0.4, -0.2) is 50.5 Å². The van der Waals surface area contributed by atoms with E-state index in [-0.39, 0.29) is 29.6 Å². The Morgan fingerprint density at radius 2 is 1.68 bits per heavy atom. The molecule has 1 unspecified atom stereocenters. The molecule has 0 aromatic heterocycles. The second-order valence-corrected chi connectivity index (χ2v) is 11.2. The lowest BCUT2D eigenvalue weighted by molar-refractivity contribution is -0.140. The van der Waals surface area contributed by atoms with Crippen molar-refractivity contribution < 1.29 is 22.4 Å². The molecule has 1 N–H and O–H groups in total. The van der Waals surface area contributed by atoms with E-state index in [0.717, 1.165) is 39.4 Å². The number of carbonyl (C=O) groups is 2. The Morgan fingerprint density at radius 1 is 1.03 bits per heavy atom. The van der Waals surface area contributed by atoms with Gasteiger partial charge in [-0.05, 0) is 48.7 Å². The number of carbonyl (C=O) groups excluding carboxylic acids is 2. The maximum atomic E-state index is 13.9. The quantitative estimate of drug-likeness (QED) is 0.379. The Morgan fingerprint density at radius 3 is 2.29 bits per heavy atom. The van der Waals surface area contributed by atoms with E-state index >= 15 is 0 Å². The minimum absolute atomic E-state index is 0.0423. The molecule has 3 aromatic rings. The van der Waals surface area contributed by atoms with Crippen LogP contribution < -0.4 is 9.62 Å². The van der Waals surface area contributed by atoms with Crippen molar-refractivity contribution in [2.75, 3.05) is 23.7 Å². The Hall–Kier alpha value is -3.43. The fraction of sp³-hybridized carbons (Fsp3) is 0.286. The van der Waals surface area contributed by atoms with Gasteiger partial charge in [-0.15, -0.1) is 0 Å². The lowest BCUT2D eigenvalue weighted by Crippen LogP contribution is -2.53. The molecular formula is C28H31ClFN3O4S. The van der Waals surface area contributed by atoms with E-state index in [2.05, 4.69) is 5.32 Å². The van der Waals surface area contributed by atoms with Crippen molar-refractivity contribution in [3.05, 3.63) is 100 Å². The van der Waals surface area contributed by atoms with E-state index < -0.39 is 34.3 Å². The fourth-order valence-corrected chi connectivity index (χ4v) is 5.09. The van der Waals surface area contributed by atoms with Crippen molar-refractivity contribution in [3.63, 3.8) is 0 Å². The first kappa shape index (κ1) is 29.1. The zero-order valence-corrected chi connectivity index (χ0v) is 23.1. The highest BCUT2D eigenvalue weighted by atomic mass is 35.5. The number of sulfonamides is 1. The summed E-state index contributed by atoms with van der Waals surface area (Å²) < 4.78 is 40.1. The van der Waals surface area contributed by atoms with Crippen molar-refractivity contribution >= 4 is 39.1 Å². The molecule has 1 atom stereocenters. The van der Waals surface area contributed by atoms with Gasteiger partial charge in [0.1, 0.15) is 18.4 Å². The standard InChI is InChI=1S/C28H31ClFN3O4S/c1-4-31-28(35)26(16-21-11-6-5-7-12-21)32(18-22-13-9-8-10-20(22)2)27(34)19-33(38(3,36)37)23-14-15-25(30)24(29)17-23/h5-15,17,26H,4,16,18-19H2,1-3H3,(H,31,35). The summed E-state index contributed by atoms with van der Waals surface area (Å²) >= 11 is 5.90. The molecule has 0 spiro atoms. The number of amides is 2. The summed E-state index contributed by atoms with van der Waals surface area (Å²) in [6, 6.07) is 19.3. The molecule has 0 heterocycles. The molecule has 10 heteroatoms. The van der Waals surface area contributed by atoms with Gasteiger partial charge in [-0.3, -0.25) is 13.9 Å². The molecule has 0 saturated heterocycles. The summed E-state index contributed by atoms with van der Waals surface area (Å²) in [4.78, 5) is 28.6. The van der Waals surface area contributed by atoms with Gasteiger partial charge in [-0.1, -0.05) is 66.2 Å². The number of halogens is 2. The van der Waals surface area contributed by atoms with Crippen LogP contribution in [0.3, 0.4) is 0 Å². The van der Waals surface area contributed by atoms with Gasteiger partial charge in [0.2, 0.25) is 21.8 Å². The highest BCUT2D eigenvalue weighted by Crippen LogP contribution is 2.25. The van der Waals surface area contributed by atoms with Crippen LogP contribution in [-0.2, 0) is 32.6 Å². The molecule has 0 radical (unpaired) electrons. The van der Waals surface area contributed by atoms with Gasteiger partial charge in [-0.2, -0.15) is 0 Å². The molecule has 2 amide bonds. The highest BCUT2D eigenvalue weighted by molar-refractivity contribution is 7.92. The van der Waals surface area contributed by atoms with Crippen LogP contribution >= 0.6 is 11.6 Å². The predicted molar refractivity (Wildman–Crippen MR) is 148 cm³/mol. The summed E-state index contributed by atoms with van der Waals surface area (Å²) in [5.41, 5.74) is 2.63. The van der Waals surface area contributed by atoms with Crippen LogP contribution in [0.4, 0.5) is 10.1 Å². The van der Waals surface area contributed by atoms with Gasteiger partial charge in [0, 0.05) is 19.5 Å². The third-order valence-corrected chi connectivity index (χ3v) is 7.52. The van der Waals surface area contributed by atoms with Crippen LogP contribution in [0.5, 0.6) is 0 Å². The van der Waals surface area contributed by atoms with Gasteiger partial charge in [-0.25, -0.2) is 12.8 Å². The van der Waals surface area contributed by atoms with Crippen molar-refractivity contribution in [2.45, 2.75) is 32.9 Å². The minimum atomic E-state index is -3.97. The number of hydrogen-bond acceptors (Lipinski definition) is 4. The Balaban J connectivity index is 2.06. The van der Waals surface area contributed by atoms with Crippen LogP contribution in [0.25, 0.3) is 0 Å². The molecule has 202 valence electrons. The Labute approximate surface area is 228 Å². The number of nitrogens with one attached hydrogen (secondary N) is 1. The SMILES string of the molecule is CCNC(=O)C(Cc1ccccc1)N(Cc1ccccc1C)C(=O)CN(c1ccc(F)c(Cl)c1)S(C)(=O)=O. The molecule has 38 heavy (non-hydrogen) atoms. The smallest absolute Gasteiger partial charge is 0.244 e. The van der Waals surface area contributed by atoms with Crippen LogP contribution in [0.1, 0.15) is 23.6 Å². The summed E-state index contributed by atoms with van der Waals surface area (Å²) in [7, 11) is -3.97. The number of rotatable bonds is 11. The van der Waals surface area contributed by atoms with Crippen LogP contribution in [0.2, 0.25) is 5.02 Å². The zero-order valence-electron chi connectivity index (χ0n) is 21.5. The molecular weight excluding hydrogens is 529 g/mol. The first-order valence-corrected chi connectivity index (χ1v) is 14.3. The molecule has 0 aliphatic carbocycles. The number of nitrogens with zero attached hydrogens (tertiary/aromatic N) is 2. The molecule has 7 nitrogen and oxygen atoms in total. The van der Waals surface area contributed by atoms with E-state index in [1.54, 1.807) is 6.92 Å². The van der Waals surface area contributed by atoms with Crippen molar-refractivity contribution in [3.8, 4) is 0 Å². The molecule has 3 rings (SSSR count). The first-order valence-electron chi connectivity index (χ1n) is 12.1. The highest BCUT2D eigenvalue weighted by Gasteiger charge is 2.33. The molecule has 0 fully saturated rings. The number of likely N-dealkylation sites (N-methyl/N-ethyl adjacent to an activating group) is 1. The summed E-state index contributed by atoms with van der Waals surface area (Å²) in [6.45, 7) is 3.54. The average Bonchev–Trinajstić information content (AvgIpc) is 2.87. The van der Waals surface area contributed by atoms with Crippen LogP contribution in [0, 0.1) is 12.7 Å². The van der Waals surface area contributed by atoms with Crippen LogP contribution in [0.15, 0.2) is 72.8 Å². The molecule has 0 saturated carbocycles. The fourth-order valence-electron chi connectivity index (χ4n) is 4.07. The van der Waals surface area contributed by atoms with E-state index in [1.807, 2.05) is 61.5 Å². The topological polar surface area (TPSA) is 86.8 Å². The van der Waals surface area contributed by atoms with Crippen molar-refractivity contribution in [2.24, 2.45) is 0 Å². The minimum Gasteiger partial charge on any atom is -0.355 e.